The molecule has 0 aliphatic rings. The Kier molecular flexibility index (Phi) is 4.65. The SMILES string of the molecule is C=C(Br)CNC(=O)c1cc(Cl)ccc1[N+](=O)[O-]. The van der Waals surface area contributed by atoms with Crippen LogP contribution in [0, 0.1) is 10.1 Å². The van der Waals surface area contributed by atoms with Crippen LogP contribution < -0.4 is 5.32 Å². The largest absolute Gasteiger partial charge is 0.347 e. The van der Waals surface area contributed by atoms with Gasteiger partial charge < -0.3 is 5.32 Å². The molecule has 0 aromatic heterocycles. The number of hydrogen-bond acceptors (Lipinski definition) is 3. The van der Waals surface area contributed by atoms with Gasteiger partial charge in [0.05, 0.1) is 4.92 Å². The van der Waals surface area contributed by atoms with Crippen LogP contribution in [0.2, 0.25) is 5.02 Å². The predicted octanol–water partition coefficient (Wildman–Crippen LogP) is 2.89. The highest BCUT2D eigenvalue weighted by Gasteiger charge is 2.20. The number of carbonyl (C=O) groups excluding carboxylic acids is 1. The Morgan fingerprint density at radius 2 is 2.24 bits per heavy atom. The average molecular weight is 320 g/mol. The van der Waals surface area contributed by atoms with Crippen molar-refractivity contribution in [1.82, 2.24) is 5.32 Å². The normalized spacial score (nSPS) is 9.76. The zero-order valence-corrected chi connectivity index (χ0v) is 10.9. The number of rotatable bonds is 4. The monoisotopic (exact) mass is 318 g/mol. The molecule has 7 heteroatoms. The topological polar surface area (TPSA) is 72.2 Å². The summed E-state index contributed by atoms with van der Waals surface area (Å²) in [6, 6.07) is 3.81. The molecule has 1 rings (SSSR count). The summed E-state index contributed by atoms with van der Waals surface area (Å²) in [6.07, 6.45) is 0. The van der Waals surface area contributed by atoms with E-state index in [1.54, 1.807) is 0 Å². The van der Waals surface area contributed by atoms with Gasteiger partial charge in [-0.2, -0.15) is 0 Å². The summed E-state index contributed by atoms with van der Waals surface area (Å²) < 4.78 is 0.565. The van der Waals surface area contributed by atoms with E-state index in [9.17, 15) is 14.9 Å². The number of benzene rings is 1. The molecule has 0 unspecified atom stereocenters. The molecule has 1 amide bonds. The van der Waals surface area contributed by atoms with Crippen molar-refractivity contribution in [3.63, 3.8) is 0 Å². The molecule has 17 heavy (non-hydrogen) atoms. The Morgan fingerprint density at radius 3 is 2.76 bits per heavy atom. The van der Waals surface area contributed by atoms with Crippen molar-refractivity contribution >= 4 is 39.1 Å². The molecule has 0 saturated carbocycles. The van der Waals surface area contributed by atoms with E-state index in [4.69, 9.17) is 11.6 Å². The maximum absolute atomic E-state index is 11.7. The number of halogens is 2. The molecule has 5 nitrogen and oxygen atoms in total. The molecule has 0 fully saturated rings. The standard InChI is InChI=1S/C10H8BrClN2O3/c1-6(11)5-13-10(15)8-4-7(12)2-3-9(8)14(16)17/h2-4H,1,5H2,(H,13,15). The van der Waals surface area contributed by atoms with E-state index in [0.29, 0.717) is 4.48 Å². The maximum Gasteiger partial charge on any atom is 0.282 e. The van der Waals surface area contributed by atoms with Crippen LogP contribution in [-0.4, -0.2) is 17.4 Å². The van der Waals surface area contributed by atoms with Gasteiger partial charge >= 0.3 is 0 Å². The first-order valence-corrected chi connectivity index (χ1v) is 5.64. The summed E-state index contributed by atoms with van der Waals surface area (Å²) in [4.78, 5) is 21.8. The molecule has 0 atom stereocenters. The minimum Gasteiger partial charge on any atom is -0.347 e. The minimum absolute atomic E-state index is 0.0729. The molecule has 0 heterocycles. The van der Waals surface area contributed by atoms with Gasteiger partial charge in [-0.15, -0.1) is 0 Å². The predicted molar refractivity (Wildman–Crippen MR) is 68.5 cm³/mol. The highest BCUT2D eigenvalue weighted by atomic mass is 79.9. The Labute approximate surface area is 111 Å². The van der Waals surface area contributed by atoms with Gasteiger partial charge in [-0.05, 0) is 12.1 Å². The zero-order chi connectivity index (χ0) is 13.0. The lowest BCUT2D eigenvalue weighted by Crippen LogP contribution is -2.25. The van der Waals surface area contributed by atoms with Gasteiger partial charge in [-0.3, -0.25) is 14.9 Å². The van der Waals surface area contributed by atoms with Crippen LogP contribution in [0.5, 0.6) is 0 Å². The van der Waals surface area contributed by atoms with Gasteiger partial charge in [-0.25, -0.2) is 0 Å². The Hall–Kier alpha value is -1.40. The highest BCUT2D eigenvalue weighted by molar-refractivity contribution is 9.11. The Morgan fingerprint density at radius 1 is 1.59 bits per heavy atom. The fourth-order valence-corrected chi connectivity index (χ4v) is 1.43. The van der Waals surface area contributed by atoms with Crippen molar-refractivity contribution in [2.75, 3.05) is 6.54 Å². The first-order valence-electron chi connectivity index (χ1n) is 4.47. The third-order valence-corrected chi connectivity index (χ3v) is 2.36. The van der Waals surface area contributed by atoms with Gasteiger partial charge in [0, 0.05) is 22.1 Å². The highest BCUT2D eigenvalue weighted by Crippen LogP contribution is 2.22. The summed E-state index contributed by atoms with van der Waals surface area (Å²) in [5, 5.41) is 13.5. The lowest BCUT2D eigenvalue weighted by Gasteiger charge is -2.05. The van der Waals surface area contributed by atoms with Crippen LogP contribution in [0.1, 0.15) is 10.4 Å². The quantitative estimate of drug-likeness (QED) is 0.685. The lowest BCUT2D eigenvalue weighted by molar-refractivity contribution is -0.385. The second kappa shape index (κ2) is 5.79. The van der Waals surface area contributed by atoms with Gasteiger partial charge in [0.1, 0.15) is 5.56 Å². The molecule has 0 bridgehead atoms. The maximum atomic E-state index is 11.7. The van der Waals surface area contributed by atoms with Crippen LogP contribution in [0.3, 0.4) is 0 Å². The molecule has 0 saturated heterocycles. The number of hydrogen-bond donors (Lipinski definition) is 1. The van der Waals surface area contributed by atoms with Crippen LogP contribution >= 0.6 is 27.5 Å². The van der Waals surface area contributed by atoms with Crippen molar-refractivity contribution in [3.8, 4) is 0 Å². The second-order valence-corrected chi connectivity index (χ2v) is 4.68. The molecule has 0 radical (unpaired) electrons. The Bertz CT molecular complexity index is 490. The number of nitro benzene ring substituents is 1. The van der Waals surface area contributed by atoms with E-state index >= 15 is 0 Å². The van der Waals surface area contributed by atoms with Crippen molar-refractivity contribution < 1.29 is 9.72 Å². The van der Waals surface area contributed by atoms with Gasteiger partial charge in [0.15, 0.2) is 0 Å². The molecule has 1 aromatic rings. The molecular weight excluding hydrogens is 311 g/mol. The first kappa shape index (κ1) is 13.7. The number of nitro groups is 1. The van der Waals surface area contributed by atoms with Crippen molar-refractivity contribution in [1.29, 1.82) is 0 Å². The fourth-order valence-electron chi connectivity index (χ4n) is 1.12. The van der Waals surface area contributed by atoms with Crippen molar-refractivity contribution in [2.24, 2.45) is 0 Å². The number of carbonyl (C=O) groups is 1. The van der Waals surface area contributed by atoms with Gasteiger partial charge in [-0.1, -0.05) is 34.1 Å². The van der Waals surface area contributed by atoms with Crippen molar-refractivity contribution in [2.45, 2.75) is 0 Å². The summed E-state index contributed by atoms with van der Waals surface area (Å²) in [6.45, 7) is 3.72. The molecule has 1 N–H and O–H groups in total. The van der Waals surface area contributed by atoms with E-state index in [0.717, 1.165) is 0 Å². The molecule has 90 valence electrons. The third-order valence-electron chi connectivity index (χ3n) is 1.84. The summed E-state index contributed by atoms with van der Waals surface area (Å²) >= 11 is 8.77. The molecular formula is C10H8BrClN2O3. The summed E-state index contributed by atoms with van der Waals surface area (Å²) in [7, 11) is 0. The van der Waals surface area contributed by atoms with Crippen LogP contribution in [0.15, 0.2) is 29.3 Å². The Balaban J connectivity index is 3.02. The molecule has 0 aliphatic heterocycles. The summed E-state index contributed by atoms with van der Waals surface area (Å²) in [5.74, 6) is -0.570. The number of amides is 1. The van der Waals surface area contributed by atoms with Crippen LogP contribution in [0.25, 0.3) is 0 Å². The fraction of sp³-hybridized carbons (Fsp3) is 0.100. The molecule has 0 aliphatic carbocycles. The van der Waals surface area contributed by atoms with E-state index < -0.39 is 10.8 Å². The minimum atomic E-state index is -0.631. The lowest BCUT2D eigenvalue weighted by atomic mass is 10.1. The number of nitrogens with zero attached hydrogens (tertiary/aromatic N) is 1. The smallest absolute Gasteiger partial charge is 0.282 e. The zero-order valence-electron chi connectivity index (χ0n) is 8.57. The van der Waals surface area contributed by atoms with E-state index in [1.165, 1.54) is 18.2 Å². The summed E-state index contributed by atoms with van der Waals surface area (Å²) in [5.41, 5.74) is -0.358. The van der Waals surface area contributed by atoms with E-state index in [1.807, 2.05) is 0 Å². The third kappa shape index (κ3) is 3.83. The van der Waals surface area contributed by atoms with Crippen molar-refractivity contribution in [3.05, 3.63) is 50.0 Å². The average Bonchev–Trinajstić information content (AvgIpc) is 2.25. The van der Waals surface area contributed by atoms with Gasteiger partial charge in [0.2, 0.25) is 0 Å². The number of nitrogens with one attached hydrogen (secondary N) is 1. The second-order valence-electron chi connectivity index (χ2n) is 3.12. The van der Waals surface area contributed by atoms with Crippen LogP contribution in [-0.2, 0) is 0 Å². The van der Waals surface area contributed by atoms with Gasteiger partial charge in [0.25, 0.3) is 11.6 Å². The first-order chi connectivity index (χ1) is 7.91. The van der Waals surface area contributed by atoms with E-state index in [-0.39, 0.29) is 22.8 Å². The molecule has 1 aromatic carbocycles. The van der Waals surface area contributed by atoms with E-state index in [2.05, 4.69) is 27.8 Å². The van der Waals surface area contributed by atoms with Crippen LogP contribution in [0.4, 0.5) is 5.69 Å². The molecule has 0 spiro atoms.